The van der Waals surface area contributed by atoms with Crippen LogP contribution in [0.15, 0.2) is 18.2 Å². The lowest BCUT2D eigenvalue weighted by Crippen LogP contribution is -1.78. The summed E-state index contributed by atoms with van der Waals surface area (Å²) in [6.07, 6.45) is 0. The Labute approximate surface area is 80.9 Å². The van der Waals surface area contributed by atoms with Crippen molar-refractivity contribution in [1.29, 1.82) is 0 Å². The Morgan fingerprint density at radius 2 is 2.08 bits per heavy atom. The van der Waals surface area contributed by atoms with Crippen molar-refractivity contribution in [1.82, 2.24) is 0 Å². The van der Waals surface area contributed by atoms with Gasteiger partial charge in [0.05, 0.1) is 5.02 Å². The molecule has 0 radical (unpaired) electrons. The molecule has 3 heteroatoms. The lowest BCUT2D eigenvalue weighted by Gasteiger charge is -1.95. The smallest absolute Gasteiger partial charge is 0.104 e. The van der Waals surface area contributed by atoms with E-state index in [4.69, 9.17) is 28.3 Å². The normalized spacial score (nSPS) is 8.92. The SMILES string of the molecule is OCC#Cc1cc(Cl)ccc1Cl. The molecule has 0 heterocycles. The van der Waals surface area contributed by atoms with Crippen molar-refractivity contribution in [2.24, 2.45) is 0 Å². The molecule has 1 rings (SSSR count). The summed E-state index contributed by atoms with van der Waals surface area (Å²) in [5.74, 6) is 5.18. The maximum absolute atomic E-state index is 8.44. The summed E-state index contributed by atoms with van der Waals surface area (Å²) in [6.45, 7) is -0.178. The van der Waals surface area contributed by atoms with Crippen LogP contribution in [0, 0.1) is 11.8 Å². The Bertz CT molecular complexity index is 336. The van der Waals surface area contributed by atoms with E-state index in [2.05, 4.69) is 11.8 Å². The standard InChI is InChI=1S/C9H6Cl2O/c10-8-3-4-9(11)7(6-8)2-1-5-12/h3-4,6,12H,5H2. The predicted octanol–water partition coefficient (Wildman–Crippen LogP) is 2.34. The van der Waals surface area contributed by atoms with E-state index in [0.29, 0.717) is 15.6 Å². The van der Waals surface area contributed by atoms with Gasteiger partial charge in [0, 0.05) is 10.6 Å². The van der Waals surface area contributed by atoms with Crippen LogP contribution in [0.25, 0.3) is 0 Å². The molecule has 0 unspecified atom stereocenters. The highest BCUT2D eigenvalue weighted by molar-refractivity contribution is 6.33. The van der Waals surface area contributed by atoms with E-state index in [9.17, 15) is 0 Å². The van der Waals surface area contributed by atoms with Gasteiger partial charge in [-0.1, -0.05) is 35.0 Å². The number of benzene rings is 1. The molecule has 1 aromatic carbocycles. The second-order valence-corrected chi connectivity index (χ2v) is 2.93. The molecule has 0 bridgehead atoms. The first-order valence-corrected chi connectivity index (χ1v) is 4.04. The first kappa shape index (κ1) is 9.41. The maximum Gasteiger partial charge on any atom is 0.104 e. The van der Waals surface area contributed by atoms with Gasteiger partial charge in [0.1, 0.15) is 6.61 Å². The molecule has 0 atom stereocenters. The summed E-state index contributed by atoms with van der Waals surface area (Å²) in [5, 5.41) is 9.56. The minimum atomic E-state index is -0.178. The summed E-state index contributed by atoms with van der Waals surface area (Å²) in [4.78, 5) is 0. The third-order valence-electron chi connectivity index (χ3n) is 1.23. The number of aliphatic hydroxyl groups excluding tert-OH is 1. The second-order valence-electron chi connectivity index (χ2n) is 2.08. The molecule has 0 aromatic heterocycles. The van der Waals surface area contributed by atoms with E-state index in [1.165, 1.54) is 0 Å². The van der Waals surface area contributed by atoms with E-state index in [1.807, 2.05) is 0 Å². The Morgan fingerprint density at radius 1 is 1.33 bits per heavy atom. The number of rotatable bonds is 0. The average Bonchev–Trinajstić information content (AvgIpc) is 2.07. The van der Waals surface area contributed by atoms with Crippen LogP contribution in [0.1, 0.15) is 5.56 Å². The van der Waals surface area contributed by atoms with Crippen LogP contribution >= 0.6 is 23.2 Å². The van der Waals surface area contributed by atoms with Gasteiger partial charge < -0.3 is 5.11 Å². The van der Waals surface area contributed by atoms with Crippen molar-refractivity contribution in [3.8, 4) is 11.8 Å². The van der Waals surface area contributed by atoms with Crippen LogP contribution in [-0.4, -0.2) is 11.7 Å². The minimum absolute atomic E-state index is 0.178. The molecular formula is C9H6Cl2O. The van der Waals surface area contributed by atoms with Crippen LogP contribution in [0.5, 0.6) is 0 Å². The van der Waals surface area contributed by atoms with Gasteiger partial charge in [-0.25, -0.2) is 0 Å². The van der Waals surface area contributed by atoms with E-state index >= 15 is 0 Å². The molecule has 0 spiro atoms. The second kappa shape index (κ2) is 4.37. The van der Waals surface area contributed by atoms with Gasteiger partial charge in [0.25, 0.3) is 0 Å². The topological polar surface area (TPSA) is 20.2 Å². The molecule has 0 amide bonds. The first-order chi connectivity index (χ1) is 5.74. The maximum atomic E-state index is 8.44. The zero-order valence-electron chi connectivity index (χ0n) is 6.14. The molecule has 1 aromatic rings. The first-order valence-electron chi connectivity index (χ1n) is 3.29. The quantitative estimate of drug-likeness (QED) is 0.638. The molecule has 0 fully saturated rings. The van der Waals surface area contributed by atoms with Crippen molar-refractivity contribution in [2.75, 3.05) is 6.61 Å². The fourth-order valence-corrected chi connectivity index (χ4v) is 1.06. The molecule has 1 nitrogen and oxygen atoms in total. The highest BCUT2D eigenvalue weighted by atomic mass is 35.5. The Hall–Kier alpha value is -0.680. The van der Waals surface area contributed by atoms with Crippen LogP contribution < -0.4 is 0 Å². The lowest BCUT2D eigenvalue weighted by molar-refractivity contribution is 0.350. The van der Waals surface area contributed by atoms with Crippen LogP contribution in [0.2, 0.25) is 10.0 Å². The van der Waals surface area contributed by atoms with Gasteiger partial charge in [-0.05, 0) is 18.2 Å². The third kappa shape index (κ3) is 2.42. The molecule has 0 aliphatic carbocycles. The van der Waals surface area contributed by atoms with Crippen molar-refractivity contribution in [3.63, 3.8) is 0 Å². The zero-order chi connectivity index (χ0) is 8.97. The van der Waals surface area contributed by atoms with E-state index in [1.54, 1.807) is 18.2 Å². The van der Waals surface area contributed by atoms with Crippen LogP contribution in [0.4, 0.5) is 0 Å². The molecule has 0 aliphatic heterocycles. The summed E-state index contributed by atoms with van der Waals surface area (Å²) in [7, 11) is 0. The summed E-state index contributed by atoms with van der Waals surface area (Å²) < 4.78 is 0. The van der Waals surface area contributed by atoms with Crippen molar-refractivity contribution in [2.45, 2.75) is 0 Å². The predicted molar refractivity (Wildman–Crippen MR) is 50.4 cm³/mol. The summed E-state index contributed by atoms with van der Waals surface area (Å²) in [6, 6.07) is 5.02. The molecule has 0 saturated heterocycles. The Kier molecular flexibility index (Phi) is 3.43. The largest absolute Gasteiger partial charge is 0.384 e. The molecule has 0 saturated carbocycles. The van der Waals surface area contributed by atoms with Gasteiger partial charge in [0.15, 0.2) is 0 Å². The van der Waals surface area contributed by atoms with E-state index in [0.717, 1.165) is 0 Å². The monoisotopic (exact) mass is 200 g/mol. The Balaban J connectivity index is 3.05. The molecular weight excluding hydrogens is 195 g/mol. The van der Waals surface area contributed by atoms with E-state index < -0.39 is 0 Å². The van der Waals surface area contributed by atoms with Gasteiger partial charge in [-0.15, -0.1) is 0 Å². The van der Waals surface area contributed by atoms with Gasteiger partial charge in [0.2, 0.25) is 0 Å². The highest BCUT2D eigenvalue weighted by Crippen LogP contribution is 2.19. The van der Waals surface area contributed by atoms with Crippen LogP contribution in [0.3, 0.4) is 0 Å². The molecule has 62 valence electrons. The molecule has 12 heavy (non-hydrogen) atoms. The lowest BCUT2D eigenvalue weighted by atomic mass is 10.2. The van der Waals surface area contributed by atoms with Gasteiger partial charge in [-0.2, -0.15) is 0 Å². The number of aliphatic hydroxyl groups is 1. The minimum Gasteiger partial charge on any atom is -0.384 e. The van der Waals surface area contributed by atoms with Gasteiger partial charge >= 0.3 is 0 Å². The van der Waals surface area contributed by atoms with Crippen molar-refractivity contribution < 1.29 is 5.11 Å². The summed E-state index contributed by atoms with van der Waals surface area (Å²) >= 11 is 11.5. The average molecular weight is 201 g/mol. The highest BCUT2D eigenvalue weighted by Gasteiger charge is 1.96. The molecule has 0 aliphatic rings. The number of hydrogen-bond acceptors (Lipinski definition) is 1. The number of halogens is 2. The van der Waals surface area contributed by atoms with Crippen LogP contribution in [-0.2, 0) is 0 Å². The fourth-order valence-electron chi connectivity index (χ4n) is 0.728. The van der Waals surface area contributed by atoms with Gasteiger partial charge in [-0.3, -0.25) is 0 Å². The number of hydrogen-bond donors (Lipinski definition) is 1. The fraction of sp³-hybridized carbons (Fsp3) is 0.111. The van der Waals surface area contributed by atoms with Crippen molar-refractivity contribution in [3.05, 3.63) is 33.8 Å². The third-order valence-corrected chi connectivity index (χ3v) is 1.80. The zero-order valence-corrected chi connectivity index (χ0v) is 7.65. The molecule has 1 N–H and O–H groups in total. The summed E-state index contributed by atoms with van der Waals surface area (Å²) in [5.41, 5.74) is 0.637. The van der Waals surface area contributed by atoms with Crippen molar-refractivity contribution >= 4 is 23.2 Å². The van der Waals surface area contributed by atoms with E-state index in [-0.39, 0.29) is 6.61 Å². The Morgan fingerprint density at radius 3 is 2.75 bits per heavy atom.